The smallest absolute Gasteiger partial charge is 0.193 e. The van der Waals surface area contributed by atoms with E-state index in [9.17, 15) is 4.79 Å². The van der Waals surface area contributed by atoms with Crippen molar-refractivity contribution in [3.8, 4) is 11.1 Å². The summed E-state index contributed by atoms with van der Waals surface area (Å²) in [6, 6.07) is 42.4. The number of benzene rings is 5. The van der Waals surface area contributed by atoms with Gasteiger partial charge in [0.25, 0.3) is 0 Å². The van der Waals surface area contributed by atoms with Crippen molar-refractivity contribution in [3.05, 3.63) is 160 Å². The average Bonchev–Trinajstić information content (AvgIpc) is 3.25. The van der Waals surface area contributed by atoms with Gasteiger partial charge in [0, 0.05) is 11.8 Å². The van der Waals surface area contributed by atoms with Crippen LogP contribution in [-0.2, 0) is 5.41 Å². The standard InChI is InChI=1S/C35H23NO2/c1-22-20-33(37)26-21-23(18-19-34(26)38-22)36-31-16-8-6-14-29(31)35(30-15-7-9-17-32(30)36)27-12-4-2-10-24(27)25-11-3-5-13-28(25)35/h2-21H,1H3. The number of nitrogens with zero attached hydrogens (tertiary/aromatic N) is 1. The van der Waals surface area contributed by atoms with Gasteiger partial charge in [-0.3, -0.25) is 4.79 Å². The van der Waals surface area contributed by atoms with E-state index in [1.54, 1.807) is 6.07 Å². The zero-order valence-corrected chi connectivity index (χ0v) is 20.8. The second-order valence-electron chi connectivity index (χ2n) is 10.1. The van der Waals surface area contributed by atoms with E-state index in [0.717, 1.165) is 17.1 Å². The number of hydrogen-bond acceptors (Lipinski definition) is 3. The van der Waals surface area contributed by atoms with E-state index in [4.69, 9.17) is 4.42 Å². The molecule has 0 fully saturated rings. The molecule has 2 aliphatic rings. The molecular formula is C35H23NO2. The molecular weight excluding hydrogens is 466 g/mol. The van der Waals surface area contributed by atoms with Crippen LogP contribution in [0.15, 0.2) is 131 Å². The molecule has 0 saturated heterocycles. The molecule has 0 saturated carbocycles. The van der Waals surface area contributed by atoms with E-state index in [1.807, 2.05) is 25.1 Å². The molecule has 1 aromatic heterocycles. The number of aryl methyl sites for hydroxylation is 1. The van der Waals surface area contributed by atoms with Crippen LogP contribution in [0.3, 0.4) is 0 Å². The number of para-hydroxylation sites is 2. The van der Waals surface area contributed by atoms with Gasteiger partial charge in [0.15, 0.2) is 5.43 Å². The zero-order valence-electron chi connectivity index (χ0n) is 20.8. The summed E-state index contributed by atoms with van der Waals surface area (Å²) in [7, 11) is 0. The van der Waals surface area contributed by atoms with Crippen molar-refractivity contribution in [1.29, 1.82) is 0 Å². The summed E-state index contributed by atoms with van der Waals surface area (Å²) in [5.74, 6) is 0.615. The molecule has 6 aromatic rings. The van der Waals surface area contributed by atoms with Crippen LogP contribution in [0.2, 0.25) is 0 Å². The second-order valence-corrected chi connectivity index (χ2v) is 10.1. The summed E-state index contributed by atoms with van der Waals surface area (Å²) in [6.07, 6.45) is 0. The predicted octanol–water partition coefficient (Wildman–Crippen LogP) is 8.25. The van der Waals surface area contributed by atoms with Crippen molar-refractivity contribution in [3.63, 3.8) is 0 Å². The third kappa shape index (κ3) is 2.60. The lowest BCUT2D eigenvalue weighted by atomic mass is 9.64. The molecule has 0 bridgehead atoms. The van der Waals surface area contributed by atoms with E-state index in [-0.39, 0.29) is 5.43 Å². The fraction of sp³-hybridized carbons (Fsp3) is 0.0571. The van der Waals surface area contributed by atoms with Crippen molar-refractivity contribution in [2.45, 2.75) is 12.3 Å². The Balaban J connectivity index is 1.49. The number of hydrogen-bond donors (Lipinski definition) is 0. The molecule has 5 aromatic carbocycles. The van der Waals surface area contributed by atoms with Crippen LogP contribution in [0.4, 0.5) is 17.1 Å². The third-order valence-corrected chi connectivity index (χ3v) is 8.14. The molecule has 38 heavy (non-hydrogen) atoms. The van der Waals surface area contributed by atoms with Crippen molar-refractivity contribution in [2.24, 2.45) is 0 Å². The fourth-order valence-corrected chi connectivity index (χ4v) is 6.74. The lowest BCUT2D eigenvalue weighted by molar-refractivity contribution is 0.565. The summed E-state index contributed by atoms with van der Waals surface area (Å²) >= 11 is 0. The Kier molecular flexibility index (Phi) is 4.22. The van der Waals surface area contributed by atoms with Gasteiger partial charge in [0.1, 0.15) is 11.3 Å². The van der Waals surface area contributed by atoms with Gasteiger partial charge in [0.2, 0.25) is 0 Å². The van der Waals surface area contributed by atoms with Gasteiger partial charge in [0.05, 0.1) is 22.2 Å². The topological polar surface area (TPSA) is 33.5 Å². The maximum atomic E-state index is 12.9. The maximum Gasteiger partial charge on any atom is 0.193 e. The Bertz CT molecular complexity index is 1890. The number of fused-ring (bicyclic) bond motifs is 10. The zero-order chi connectivity index (χ0) is 25.4. The van der Waals surface area contributed by atoms with E-state index in [1.165, 1.54) is 33.4 Å². The molecule has 2 heterocycles. The third-order valence-electron chi connectivity index (χ3n) is 8.14. The Labute approximate surface area is 220 Å². The molecule has 0 N–H and O–H groups in total. The van der Waals surface area contributed by atoms with Crippen molar-refractivity contribution >= 4 is 28.0 Å². The Hall–Kier alpha value is -4.89. The summed E-state index contributed by atoms with van der Waals surface area (Å²) in [5.41, 5.74) is 10.9. The molecule has 0 radical (unpaired) electrons. The quantitative estimate of drug-likeness (QED) is 0.233. The molecule has 0 unspecified atom stereocenters. The van der Waals surface area contributed by atoms with Crippen LogP contribution in [0.1, 0.15) is 28.0 Å². The van der Waals surface area contributed by atoms with E-state index < -0.39 is 5.41 Å². The van der Waals surface area contributed by atoms with E-state index >= 15 is 0 Å². The largest absolute Gasteiger partial charge is 0.461 e. The van der Waals surface area contributed by atoms with Gasteiger partial charge in [-0.25, -0.2) is 0 Å². The first-order chi connectivity index (χ1) is 18.7. The lowest BCUT2D eigenvalue weighted by Crippen LogP contribution is -2.36. The number of anilines is 3. The SMILES string of the molecule is Cc1cc(=O)c2cc(N3c4ccccc4C4(c5ccccc5-c5ccccc54)c4ccccc43)ccc2o1. The summed E-state index contributed by atoms with van der Waals surface area (Å²) in [5, 5.41) is 0.583. The van der Waals surface area contributed by atoms with Crippen molar-refractivity contribution in [2.75, 3.05) is 4.90 Å². The molecule has 1 aliphatic heterocycles. The van der Waals surface area contributed by atoms with E-state index in [2.05, 4.69) is 102 Å². The minimum Gasteiger partial charge on any atom is -0.461 e. The van der Waals surface area contributed by atoms with Crippen molar-refractivity contribution in [1.82, 2.24) is 0 Å². The summed E-state index contributed by atoms with van der Waals surface area (Å²) in [4.78, 5) is 15.2. The minimum atomic E-state index is -0.441. The monoisotopic (exact) mass is 489 g/mol. The van der Waals surface area contributed by atoms with Crippen LogP contribution in [0.25, 0.3) is 22.1 Å². The molecule has 0 atom stereocenters. The predicted molar refractivity (Wildman–Crippen MR) is 153 cm³/mol. The van der Waals surface area contributed by atoms with Crippen LogP contribution in [0.5, 0.6) is 0 Å². The molecule has 1 spiro atoms. The molecule has 0 amide bonds. The minimum absolute atomic E-state index is 0.0284. The van der Waals surface area contributed by atoms with E-state index in [0.29, 0.717) is 16.7 Å². The van der Waals surface area contributed by atoms with Gasteiger partial charge in [-0.05, 0) is 70.6 Å². The normalized spacial score (nSPS) is 14.2. The Morgan fingerprint density at radius 3 is 1.74 bits per heavy atom. The average molecular weight is 490 g/mol. The maximum absolute atomic E-state index is 12.9. The highest BCUT2D eigenvalue weighted by atomic mass is 16.3. The van der Waals surface area contributed by atoms with Crippen LogP contribution in [-0.4, -0.2) is 0 Å². The van der Waals surface area contributed by atoms with Gasteiger partial charge < -0.3 is 9.32 Å². The lowest BCUT2D eigenvalue weighted by Gasteiger charge is -2.45. The summed E-state index contributed by atoms with van der Waals surface area (Å²) in [6.45, 7) is 1.81. The fourth-order valence-electron chi connectivity index (χ4n) is 6.74. The first-order valence-electron chi connectivity index (χ1n) is 12.9. The highest BCUT2D eigenvalue weighted by molar-refractivity contribution is 5.96. The van der Waals surface area contributed by atoms with Crippen molar-refractivity contribution < 1.29 is 4.42 Å². The van der Waals surface area contributed by atoms with Gasteiger partial charge in [-0.15, -0.1) is 0 Å². The summed E-state index contributed by atoms with van der Waals surface area (Å²) < 4.78 is 5.86. The molecule has 8 rings (SSSR count). The van der Waals surface area contributed by atoms with Crippen LogP contribution in [0, 0.1) is 6.92 Å². The first-order valence-corrected chi connectivity index (χ1v) is 12.9. The Morgan fingerprint density at radius 1 is 0.605 bits per heavy atom. The highest BCUT2D eigenvalue weighted by Gasteiger charge is 2.51. The molecule has 180 valence electrons. The van der Waals surface area contributed by atoms with Crippen LogP contribution >= 0.6 is 0 Å². The Morgan fingerprint density at radius 2 is 1.13 bits per heavy atom. The van der Waals surface area contributed by atoms with Gasteiger partial charge >= 0.3 is 0 Å². The molecule has 3 heteroatoms. The molecule has 3 nitrogen and oxygen atoms in total. The van der Waals surface area contributed by atoms with Crippen LogP contribution < -0.4 is 10.3 Å². The van der Waals surface area contributed by atoms with Gasteiger partial charge in [-0.2, -0.15) is 0 Å². The van der Waals surface area contributed by atoms with Gasteiger partial charge in [-0.1, -0.05) is 84.9 Å². The molecule has 1 aliphatic carbocycles. The second kappa shape index (κ2) is 7.56. The number of rotatable bonds is 1. The first kappa shape index (κ1) is 21.2. The highest BCUT2D eigenvalue weighted by Crippen LogP contribution is 2.63.